The lowest BCUT2D eigenvalue weighted by Gasteiger charge is -2.35. The molecule has 5 heteroatoms. The Balaban J connectivity index is 1.95. The van der Waals surface area contributed by atoms with Crippen molar-refractivity contribution < 1.29 is 9.18 Å². The van der Waals surface area contributed by atoms with E-state index in [9.17, 15) is 9.18 Å². The fraction of sp³-hybridized carbons (Fsp3) is 0.588. The SMILES string of the molecule is CC(CN)N(C)C(=O)C1CCCN(Cc2cccc(F)c2)C1. The number of carbonyl (C=O) groups is 1. The zero-order chi connectivity index (χ0) is 16.1. The predicted molar refractivity (Wildman–Crippen MR) is 85.7 cm³/mol. The number of halogens is 1. The second-order valence-electron chi connectivity index (χ2n) is 6.24. The number of piperidine rings is 1. The number of hydrogen-bond acceptors (Lipinski definition) is 3. The van der Waals surface area contributed by atoms with Gasteiger partial charge < -0.3 is 10.6 Å². The van der Waals surface area contributed by atoms with Crippen LogP contribution in [-0.4, -0.2) is 48.4 Å². The highest BCUT2D eigenvalue weighted by Crippen LogP contribution is 2.21. The third kappa shape index (κ3) is 4.27. The Bertz CT molecular complexity index is 508. The fourth-order valence-corrected chi connectivity index (χ4v) is 2.96. The molecule has 0 spiro atoms. The van der Waals surface area contributed by atoms with Crippen molar-refractivity contribution in [2.24, 2.45) is 11.7 Å². The smallest absolute Gasteiger partial charge is 0.227 e. The van der Waals surface area contributed by atoms with Crippen molar-refractivity contribution in [3.8, 4) is 0 Å². The predicted octanol–water partition coefficient (Wildman–Crippen LogP) is 1.84. The molecule has 0 saturated carbocycles. The van der Waals surface area contributed by atoms with Gasteiger partial charge in [0.2, 0.25) is 5.91 Å². The van der Waals surface area contributed by atoms with Crippen LogP contribution in [0, 0.1) is 11.7 Å². The van der Waals surface area contributed by atoms with Gasteiger partial charge in [-0.2, -0.15) is 0 Å². The van der Waals surface area contributed by atoms with E-state index in [0.717, 1.165) is 31.5 Å². The van der Waals surface area contributed by atoms with Gasteiger partial charge in [-0.05, 0) is 44.0 Å². The maximum Gasteiger partial charge on any atom is 0.227 e. The number of likely N-dealkylation sites (tertiary alicyclic amines) is 1. The second kappa shape index (κ2) is 7.70. The molecule has 1 aromatic carbocycles. The standard InChI is InChI=1S/C17H26FN3O/c1-13(10-19)20(2)17(22)15-6-4-8-21(12-15)11-14-5-3-7-16(18)9-14/h3,5,7,9,13,15H,4,6,8,10-12,19H2,1-2H3. The van der Waals surface area contributed by atoms with Crippen molar-refractivity contribution in [2.75, 3.05) is 26.7 Å². The minimum Gasteiger partial charge on any atom is -0.342 e. The molecule has 1 aliphatic rings. The number of amides is 1. The minimum absolute atomic E-state index is 0.0151. The molecule has 0 aliphatic carbocycles. The average molecular weight is 307 g/mol. The molecule has 2 rings (SSSR count). The first-order chi connectivity index (χ1) is 10.5. The minimum atomic E-state index is -0.210. The highest BCUT2D eigenvalue weighted by atomic mass is 19.1. The van der Waals surface area contributed by atoms with E-state index in [2.05, 4.69) is 4.90 Å². The fourth-order valence-electron chi connectivity index (χ4n) is 2.96. The zero-order valence-corrected chi connectivity index (χ0v) is 13.5. The Labute approximate surface area is 132 Å². The lowest BCUT2D eigenvalue weighted by Crippen LogP contribution is -2.47. The van der Waals surface area contributed by atoms with Crippen LogP contribution in [-0.2, 0) is 11.3 Å². The maximum absolute atomic E-state index is 13.3. The van der Waals surface area contributed by atoms with Gasteiger partial charge in [-0.25, -0.2) is 4.39 Å². The van der Waals surface area contributed by atoms with Crippen LogP contribution in [0.1, 0.15) is 25.3 Å². The summed E-state index contributed by atoms with van der Waals surface area (Å²) in [4.78, 5) is 16.5. The summed E-state index contributed by atoms with van der Waals surface area (Å²) in [5.74, 6) is -0.0261. The van der Waals surface area contributed by atoms with Crippen LogP contribution in [0.4, 0.5) is 4.39 Å². The molecule has 1 aromatic rings. The number of carbonyl (C=O) groups excluding carboxylic acids is 1. The van der Waals surface area contributed by atoms with Crippen LogP contribution in [0.2, 0.25) is 0 Å². The van der Waals surface area contributed by atoms with E-state index in [-0.39, 0.29) is 23.7 Å². The monoisotopic (exact) mass is 307 g/mol. The highest BCUT2D eigenvalue weighted by molar-refractivity contribution is 5.79. The normalized spacial score (nSPS) is 20.6. The van der Waals surface area contributed by atoms with E-state index < -0.39 is 0 Å². The Kier molecular flexibility index (Phi) is 5.91. The maximum atomic E-state index is 13.3. The Morgan fingerprint density at radius 3 is 3.00 bits per heavy atom. The number of hydrogen-bond donors (Lipinski definition) is 1. The molecule has 1 aliphatic heterocycles. The summed E-state index contributed by atoms with van der Waals surface area (Å²) in [5.41, 5.74) is 6.60. The summed E-state index contributed by atoms with van der Waals surface area (Å²) in [6, 6.07) is 6.74. The first kappa shape index (κ1) is 16.9. The van der Waals surface area contributed by atoms with Gasteiger partial charge in [0.25, 0.3) is 0 Å². The number of nitrogens with two attached hydrogens (primary N) is 1. The first-order valence-corrected chi connectivity index (χ1v) is 7.94. The first-order valence-electron chi connectivity index (χ1n) is 7.94. The summed E-state index contributed by atoms with van der Waals surface area (Å²) >= 11 is 0. The van der Waals surface area contributed by atoms with E-state index in [1.54, 1.807) is 17.0 Å². The lowest BCUT2D eigenvalue weighted by molar-refractivity contribution is -0.137. The average Bonchev–Trinajstić information content (AvgIpc) is 2.53. The molecule has 4 nitrogen and oxygen atoms in total. The van der Waals surface area contributed by atoms with Crippen molar-refractivity contribution >= 4 is 5.91 Å². The quantitative estimate of drug-likeness (QED) is 0.903. The summed E-state index contributed by atoms with van der Waals surface area (Å²) in [7, 11) is 1.82. The summed E-state index contributed by atoms with van der Waals surface area (Å²) in [6.45, 7) is 4.82. The molecule has 2 unspecified atom stereocenters. The molecule has 1 fully saturated rings. The molecule has 0 radical (unpaired) electrons. The van der Waals surface area contributed by atoms with Crippen molar-refractivity contribution in [3.05, 3.63) is 35.6 Å². The van der Waals surface area contributed by atoms with Crippen LogP contribution in [0.15, 0.2) is 24.3 Å². The van der Waals surface area contributed by atoms with Crippen LogP contribution in [0.25, 0.3) is 0 Å². The van der Waals surface area contributed by atoms with Gasteiger partial charge in [-0.15, -0.1) is 0 Å². The molecule has 1 heterocycles. The second-order valence-corrected chi connectivity index (χ2v) is 6.24. The Hall–Kier alpha value is -1.46. The number of rotatable bonds is 5. The molecule has 22 heavy (non-hydrogen) atoms. The summed E-state index contributed by atoms with van der Waals surface area (Å²) in [5, 5.41) is 0. The third-order valence-electron chi connectivity index (χ3n) is 4.50. The van der Waals surface area contributed by atoms with Crippen molar-refractivity contribution in [2.45, 2.75) is 32.4 Å². The van der Waals surface area contributed by atoms with E-state index in [1.165, 1.54) is 6.07 Å². The van der Waals surface area contributed by atoms with Crippen LogP contribution < -0.4 is 5.73 Å². The van der Waals surface area contributed by atoms with Crippen molar-refractivity contribution in [1.82, 2.24) is 9.80 Å². The highest BCUT2D eigenvalue weighted by Gasteiger charge is 2.29. The van der Waals surface area contributed by atoms with E-state index in [0.29, 0.717) is 13.1 Å². The van der Waals surface area contributed by atoms with Gasteiger partial charge in [-0.3, -0.25) is 9.69 Å². The van der Waals surface area contributed by atoms with E-state index in [4.69, 9.17) is 5.73 Å². The Morgan fingerprint density at radius 2 is 2.32 bits per heavy atom. The molecule has 1 amide bonds. The molecule has 1 saturated heterocycles. The molecule has 0 aromatic heterocycles. The van der Waals surface area contributed by atoms with Gasteiger partial charge in [-0.1, -0.05) is 12.1 Å². The van der Waals surface area contributed by atoms with Crippen LogP contribution >= 0.6 is 0 Å². The van der Waals surface area contributed by atoms with Crippen LogP contribution in [0.3, 0.4) is 0 Å². The molecular weight excluding hydrogens is 281 g/mol. The summed E-state index contributed by atoms with van der Waals surface area (Å²) in [6.07, 6.45) is 1.91. The molecule has 0 bridgehead atoms. The van der Waals surface area contributed by atoms with Gasteiger partial charge in [0.1, 0.15) is 5.82 Å². The number of benzene rings is 1. The van der Waals surface area contributed by atoms with Crippen molar-refractivity contribution in [1.29, 1.82) is 0 Å². The lowest BCUT2D eigenvalue weighted by atomic mass is 9.95. The van der Waals surface area contributed by atoms with Crippen LogP contribution in [0.5, 0.6) is 0 Å². The zero-order valence-electron chi connectivity index (χ0n) is 13.5. The van der Waals surface area contributed by atoms with Crippen molar-refractivity contribution in [3.63, 3.8) is 0 Å². The van der Waals surface area contributed by atoms with Gasteiger partial charge in [0, 0.05) is 32.7 Å². The largest absolute Gasteiger partial charge is 0.342 e. The summed E-state index contributed by atoms with van der Waals surface area (Å²) < 4.78 is 13.3. The molecule has 122 valence electrons. The van der Waals surface area contributed by atoms with Gasteiger partial charge in [0.05, 0.1) is 5.92 Å². The Morgan fingerprint density at radius 1 is 1.55 bits per heavy atom. The number of likely N-dealkylation sites (N-methyl/N-ethyl adjacent to an activating group) is 1. The third-order valence-corrected chi connectivity index (χ3v) is 4.50. The van der Waals surface area contributed by atoms with E-state index >= 15 is 0 Å². The van der Waals surface area contributed by atoms with Gasteiger partial charge >= 0.3 is 0 Å². The molecule has 2 atom stereocenters. The van der Waals surface area contributed by atoms with E-state index in [1.807, 2.05) is 20.0 Å². The topological polar surface area (TPSA) is 49.6 Å². The van der Waals surface area contributed by atoms with Gasteiger partial charge in [0.15, 0.2) is 0 Å². The molecule has 2 N–H and O–H groups in total. The molecular formula is C17H26FN3O. The number of nitrogens with zero attached hydrogens (tertiary/aromatic N) is 2.